The molecule has 5 heteroatoms. The number of fused-ring (bicyclic) bond motifs is 1. The zero-order chi connectivity index (χ0) is 19.2. The van der Waals surface area contributed by atoms with Gasteiger partial charge in [-0.15, -0.1) is 0 Å². The number of nitrogens with zero attached hydrogens (tertiary/aromatic N) is 1. The molecule has 5 nitrogen and oxygen atoms in total. The number of ether oxygens (including phenoxy) is 2. The van der Waals surface area contributed by atoms with E-state index in [2.05, 4.69) is 17.4 Å². The zero-order valence-electron chi connectivity index (χ0n) is 16.2. The molecule has 0 radical (unpaired) electrons. The summed E-state index contributed by atoms with van der Waals surface area (Å²) in [4.78, 5) is 14.9. The number of carbonyl (C=O) groups excluding carboxylic acids is 1. The maximum Gasteiger partial charge on any atom is 0.322 e. The third-order valence-corrected chi connectivity index (χ3v) is 5.61. The molecule has 0 aromatic heterocycles. The number of rotatable bonds is 5. The van der Waals surface area contributed by atoms with Crippen molar-refractivity contribution in [3.05, 3.63) is 60.2 Å². The first-order valence-electron chi connectivity index (χ1n) is 10.3. The molecule has 1 N–H and O–H groups in total. The fraction of sp³-hybridized carbons (Fsp3) is 0.435. The highest BCUT2D eigenvalue weighted by Crippen LogP contribution is 2.30. The van der Waals surface area contributed by atoms with E-state index in [9.17, 15) is 4.79 Å². The molecular weight excluding hydrogens is 352 g/mol. The third kappa shape index (κ3) is 4.47. The zero-order valence-corrected chi connectivity index (χ0v) is 16.2. The number of amides is 2. The standard InChI is InChI=1S/C23H28N2O3/c26-23(25-15-17-28-22-13-7-5-11-20(22)25)24-19-10-4-6-12-21(19)27-16-14-18-8-2-1-3-9-18/h1-4,6,8-10,12,20,22H,5,7,11,13-17H2,(H,24,26). The van der Waals surface area contributed by atoms with E-state index in [0.29, 0.717) is 25.5 Å². The Kier molecular flexibility index (Phi) is 6.12. The van der Waals surface area contributed by atoms with Gasteiger partial charge in [0, 0.05) is 13.0 Å². The summed E-state index contributed by atoms with van der Waals surface area (Å²) in [5, 5.41) is 3.07. The number of benzene rings is 2. The molecule has 2 aromatic carbocycles. The first kappa shape index (κ1) is 18.8. The van der Waals surface area contributed by atoms with E-state index in [1.54, 1.807) is 0 Å². The molecule has 2 fully saturated rings. The highest BCUT2D eigenvalue weighted by Gasteiger charge is 2.36. The second-order valence-electron chi connectivity index (χ2n) is 7.46. The van der Waals surface area contributed by atoms with Crippen molar-refractivity contribution in [1.82, 2.24) is 4.90 Å². The van der Waals surface area contributed by atoms with Crippen molar-refractivity contribution in [2.24, 2.45) is 0 Å². The largest absolute Gasteiger partial charge is 0.491 e. The van der Waals surface area contributed by atoms with Gasteiger partial charge in [-0.05, 0) is 30.5 Å². The van der Waals surface area contributed by atoms with Crippen LogP contribution in [0.4, 0.5) is 10.5 Å². The quantitative estimate of drug-likeness (QED) is 0.832. The number of urea groups is 1. The predicted octanol–water partition coefficient (Wildman–Crippen LogP) is 4.48. The van der Waals surface area contributed by atoms with Crippen LogP contribution < -0.4 is 10.1 Å². The number of carbonyl (C=O) groups is 1. The number of morpholine rings is 1. The molecule has 2 aliphatic rings. The minimum Gasteiger partial charge on any atom is -0.491 e. The molecule has 2 aromatic rings. The van der Waals surface area contributed by atoms with Crippen LogP contribution in [0.15, 0.2) is 54.6 Å². The minimum atomic E-state index is -0.0562. The van der Waals surface area contributed by atoms with Crippen molar-refractivity contribution >= 4 is 11.7 Å². The molecule has 0 bridgehead atoms. The Labute approximate surface area is 166 Å². The lowest BCUT2D eigenvalue weighted by Crippen LogP contribution is -2.56. The van der Waals surface area contributed by atoms with Crippen molar-refractivity contribution in [1.29, 1.82) is 0 Å². The summed E-state index contributed by atoms with van der Waals surface area (Å²) in [6, 6.07) is 18.0. The van der Waals surface area contributed by atoms with Crippen molar-refractivity contribution in [3.8, 4) is 5.75 Å². The van der Waals surface area contributed by atoms with E-state index in [4.69, 9.17) is 9.47 Å². The van der Waals surface area contributed by atoms with Crippen molar-refractivity contribution in [2.75, 3.05) is 25.1 Å². The van der Waals surface area contributed by atoms with Crippen LogP contribution in [0.5, 0.6) is 5.75 Å². The van der Waals surface area contributed by atoms with Crippen molar-refractivity contribution in [3.63, 3.8) is 0 Å². The molecule has 28 heavy (non-hydrogen) atoms. The van der Waals surface area contributed by atoms with Crippen LogP contribution in [0, 0.1) is 0 Å². The molecule has 2 atom stereocenters. The summed E-state index contributed by atoms with van der Waals surface area (Å²) < 4.78 is 11.9. The van der Waals surface area contributed by atoms with Crippen LogP contribution in [0.3, 0.4) is 0 Å². The average molecular weight is 380 g/mol. The first-order chi connectivity index (χ1) is 13.8. The number of anilines is 1. The van der Waals surface area contributed by atoms with Crippen molar-refractivity contribution < 1.29 is 14.3 Å². The van der Waals surface area contributed by atoms with Gasteiger partial charge in [0.2, 0.25) is 0 Å². The molecule has 1 saturated heterocycles. The Morgan fingerprint density at radius 2 is 1.86 bits per heavy atom. The third-order valence-electron chi connectivity index (χ3n) is 5.61. The molecule has 2 amide bonds. The highest BCUT2D eigenvalue weighted by atomic mass is 16.5. The van der Waals surface area contributed by atoms with Gasteiger partial charge in [0.15, 0.2) is 0 Å². The van der Waals surface area contributed by atoms with Crippen LogP contribution in [0.1, 0.15) is 31.2 Å². The van der Waals surface area contributed by atoms with Crippen LogP contribution in [0.2, 0.25) is 0 Å². The van der Waals surface area contributed by atoms with Crippen LogP contribution in [0.25, 0.3) is 0 Å². The Hall–Kier alpha value is -2.53. The highest BCUT2D eigenvalue weighted by molar-refractivity contribution is 5.91. The normalized spacial score (nSPS) is 21.6. The summed E-state index contributed by atoms with van der Waals surface area (Å²) in [5.41, 5.74) is 1.96. The van der Waals surface area contributed by atoms with Gasteiger partial charge in [-0.3, -0.25) is 0 Å². The van der Waals surface area contributed by atoms with Gasteiger partial charge in [-0.25, -0.2) is 4.79 Å². The molecule has 1 saturated carbocycles. The van der Waals surface area contributed by atoms with Gasteiger partial charge in [-0.2, -0.15) is 0 Å². The molecule has 1 heterocycles. The summed E-state index contributed by atoms with van der Waals surface area (Å²) >= 11 is 0. The van der Waals surface area contributed by atoms with Gasteiger partial charge in [0.1, 0.15) is 5.75 Å². The van der Waals surface area contributed by atoms with E-state index in [1.165, 1.54) is 12.0 Å². The Balaban J connectivity index is 1.38. The molecule has 0 spiro atoms. The van der Waals surface area contributed by atoms with E-state index in [-0.39, 0.29) is 18.2 Å². The molecule has 1 aliphatic heterocycles. The van der Waals surface area contributed by atoms with E-state index in [1.807, 2.05) is 47.4 Å². The van der Waals surface area contributed by atoms with Gasteiger partial charge in [0.25, 0.3) is 0 Å². The van der Waals surface area contributed by atoms with Crippen molar-refractivity contribution in [2.45, 2.75) is 44.2 Å². The average Bonchev–Trinajstić information content (AvgIpc) is 2.75. The van der Waals surface area contributed by atoms with E-state index >= 15 is 0 Å². The lowest BCUT2D eigenvalue weighted by Gasteiger charge is -2.43. The van der Waals surface area contributed by atoms with Gasteiger partial charge in [0.05, 0.1) is 31.0 Å². The predicted molar refractivity (Wildman–Crippen MR) is 110 cm³/mol. The lowest BCUT2D eigenvalue weighted by atomic mass is 9.90. The fourth-order valence-corrected chi connectivity index (χ4v) is 4.15. The molecular formula is C23H28N2O3. The van der Waals surface area contributed by atoms with E-state index in [0.717, 1.165) is 31.4 Å². The summed E-state index contributed by atoms with van der Waals surface area (Å²) in [5.74, 6) is 0.709. The fourth-order valence-electron chi connectivity index (χ4n) is 4.15. The topological polar surface area (TPSA) is 50.8 Å². The lowest BCUT2D eigenvalue weighted by molar-refractivity contribution is -0.0694. The smallest absolute Gasteiger partial charge is 0.322 e. The molecule has 1 aliphatic carbocycles. The first-order valence-corrected chi connectivity index (χ1v) is 10.3. The summed E-state index contributed by atoms with van der Waals surface area (Å²) in [6.45, 7) is 1.83. The SMILES string of the molecule is O=C(Nc1ccccc1OCCc1ccccc1)N1CCOC2CCCCC21. The molecule has 2 unspecified atom stereocenters. The second kappa shape index (κ2) is 9.11. The van der Waals surface area contributed by atoms with Crippen LogP contribution >= 0.6 is 0 Å². The van der Waals surface area contributed by atoms with Gasteiger partial charge in [-0.1, -0.05) is 55.3 Å². The van der Waals surface area contributed by atoms with Gasteiger partial charge < -0.3 is 19.7 Å². The monoisotopic (exact) mass is 380 g/mol. The second-order valence-corrected chi connectivity index (χ2v) is 7.46. The van der Waals surface area contributed by atoms with Gasteiger partial charge >= 0.3 is 6.03 Å². The Morgan fingerprint density at radius 1 is 1.07 bits per heavy atom. The Bertz CT molecular complexity index is 778. The Morgan fingerprint density at radius 3 is 2.75 bits per heavy atom. The molecule has 4 rings (SSSR count). The minimum absolute atomic E-state index is 0.0562. The van der Waals surface area contributed by atoms with Crippen LogP contribution in [-0.4, -0.2) is 42.8 Å². The number of hydrogen-bond acceptors (Lipinski definition) is 3. The molecule has 148 valence electrons. The number of para-hydroxylation sites is 2. The summed E-state index contributed by atoms with van der Waals surface area (Å²) in [7, 11) is 0. The maximum atomic E-state index is 13.0. The van der Waals surface area contributed by atoms with Crippen LogP contribution in [-0.2, 0) is 11.2 Å². The number of hydrogen-bond donors (Lipinski definition) is 1. The summed E-state index contributed by atoms with van der Waals surface area (Å²) in [6.07, 6.45) is 5.44. The maximum absolute atomic E-state index is 13.0. The van der Waals surface area contributed by atoms with E-state index < -0.39 is 0 Å². The number of nitrogens with one attached hydrogen (secondary N) is 1.